The van der Waals surface area contributed by atoms with E-state index in [0.717, 1.165) is 37.6 Å². The summed E-state index contributed by atoms with van der Waals surface area (Å²) in [5, 5.41) is 3.40. The van der Waals surface area contributed by atoms with Crippen LogP contribution in [0.25, 0.3) is 0 Å². The highest BCUT2D eigenvalue weighted by atomic mass is 16.2. The number of aromatic nitrogens is 3. The van der Waals surface area contributed by atoms with E-state index in [1.165, 1.54) is 16.2 Å². The van der Waals surface area contributed by atoms with Gasteiger partial charge in [0.05, 0.1) is 0 Å². The van der Waals surface area contributed by atoms with Crippen molar-refractivity contribution < 1.29 is 0 Å². The van der Waals surface area contributed by atoms with Gasteiger partial charge in [-0.3, -0.25) is 14.3 Å². The van der Waals surface area contributed by atoms with Gasteiger partial charge >= 0.3 is 5.69 Å². The summed E-state index contributed by atoms with van der Waals surface area (Å²) < 4.78 is 2.64. The number of nitrogens with zero attached hydrogens (tertiary/aromatic N) is 4. The summed E-state index contributed by atoms with van der Waals surface area (Å²) >= 11 is 0. The van der Waals surface area contributed by atoms with Crippen LogP contribution in [-0.4, -0.2) is 38.7 Å². The Morgan fingerprint density at radius 2 is 2.08 bits per heavy atom. The summed E-state index contributed by atoms with van der Waals surface area (Å²) in [5.74, 6) is 1.43. The monoisotopic (exact) mass is 343 g/mol. The Morgan fingerprint density at radius 3 is 2.84 bits per heavy atom. The molecule has 0 amide bonds. The third kappa shape index (κ3) is 3.99. The molecule has 3 heterocycles. The van der Waals surface area contributed by atoms with E-state index >= 15 is 0 Å². The molecular weight excluding hydrogens is 318 g/mol. The molecule has 0 spiro atoms. The summed E-state index contributed by atoms with van der Waals surface area (Å²) in [6, 6.07) is 5.96. The zero-order chi connectivity index (χ0) is 18.0. The lowest BCUT2D eigenvalue weighted by atomic mass is 10.1. The fraction of sp³-hybridized carbons (Fsp3) is 0.500. The lowest BCUT2D eigenvalue weighted by Gasteiger charge is -2.17. The Bertz CT molecular complexity index is 871. The van der Waals surface area contributed by atoms with Crippen molar-refractivity contribution in [1.29, 1.82) is 0 Å². The number of hydrogen-bond acceptors (Lipinski definition) is 5. The van der Waals surface area contributed by atoms with Gasteiger partial charge in [0.25, 0.3) is 5.56 Å². The Balaban J connectivity index is 1.58. The third-order valence-electron chi connectivity index (χ3n) is 4.74. The molecule has 0 aromatic carbocycles. The van der Waals surface area contributed by atoms with E-state index in [2.05, 4.69) is 15.2 Å². The summed E-state index contributed by atoms with van der Waals surface area (Å²) in [5.41, 5.74) is 1.18. The van der Waals surface area contributed by atoms with Gasteiger partial charge in [-0.05, 0) is 37.9 Å². The molecule has 1 aliphatic heterocycles. The highest BCUT2D eigenvalue weighted by molar-refractivity contribution is 5.35. The SMILES string of the molecule is Cc1cccc(NC[C@H]2CCN(Cc3cn(C)c(=O)n(C)c3=O)C2)n1. The largest absolute Gasteiger partial charge is 0.370 e. The highest BCUT2D eigenvalue weighted by Crippen LogP contribution is 2.18. The summed E-state index contributed by atoms with van der Waals surface area (Å²) in [4.78, 5) is 30.8. The minimum Gasteiger partial charge on any atom is -0.370 e. The van der Waals surface area contributed by atoms with E-state index in [0.29, 0.717) is 18.0 Å². The van der Waals surface area contributed by atoms with Gasteiger partial charge in [-0.2, -0.15) is 0 Å². The van der Waals surface area contributed by atoms with Crippen LogP contribution in [0.2, 0.25) is 0 Å². The molecule has 0 saturated carbocycles. The Kier molecular flexibility index (Phi) is 5.03. The average Bonchev–Trinajstić information content (AvgIpc) is 3.03. The minimum atomic E-state index is -0.289. The predicted octanol–water partition coefficient (Wildman–Crippen LogP) is 0.721. The van der Waals surface area contributed by atoms with Crippen LogP contribution in [0.5, 0.6) is 0 Å². The van der Waals surface area contributed by atoms with E-state index in [1.54, 1.807) is 13.2 Å². The van der Waals surface area contributed by atoms with E-state index in [-0.39, 0.29) is 11.2 Å². The minimum absolute atomic E-state index is 0.200. The van der Waals surface area contributed by atoms with E-state index < -0.39 is 0 Å². The van der Waals surface area contributed by atoms with E-state index in [1.807, 2.05) is 25.1 Å². The van der Waals surface area contributed by atoms with Crippen molar-refractivity contribution in [3.8, 4) is 0 Å². The molecule has 0 aliphatic carbocycles. The second kappa shape index (κ2) is 7.23. The molecule has 1 fully saturated rings. The second-order valence-corrected chi connectivity index (χ2v) is 6.85. The van der Waals surface area contributed by atoms with Crippen LogP contribution >= 0.6 is 0 Å². The number of hydrogen-bond donors (Lipinski definition) is 1. The lowest BCUT2D eigenvalue weighted by molar-refractivity contribution is 0.315. The van der Waals surface area contributed by atoms with E-state index in [4.69, 9.17) is 0 Å². The number of nitrogens with one attached hydrogen (secondary N) is 1. The maximum Gasteiger partial charge on any atom is 0.330 e. The van der Waals surface area contributed by atoms with Crippen molar-refractivity contribution in [2.75, 3.05) is 25.0 Å². The zero-order valence-corrected chi connectivity index (χ0v) is 15.0. The topological polar surface area (TPSA) is 72.2 Å². The molecule has 1 atom stereocenters. The summed E-state index contributed by atoms with van der Waals surface area (Å²) in [6.45, 7) is 5.33. The summed E-state index contributed by atoms with van der Waals surface area (Å²) in [6.07, 6.45) is 2.75. The van der Waals surface area contributed by atoms with Crippen molar-refractivity contribution in [2.45, 2.75) is 19.9 Å². The molecule has 0 unspecified atom stereocenters. The maximum atomic E-state index is 12.3. The first-order chi connectivity index (χ1) is 11.9. The van der Waals surface area contributed by atoms with Crippen LogP contribution in [0.1, 0.15) is 17.7 Å². The van der Waals surface area contributed by atoms with Crippen LogP contribution in [0.15, 0.2) is 34.0 Å². The smallest absolute Gasteiger partial charge is 0.330 e. The van der Waals surface area contributed by atoms with Crippen LogP contribution < -0.4 is 16.6 Å². The van der Waals surface area contributed by atoms with Crippen molar-refractivity contribution >= 4 is 5.82 Å². The molecule has 2 aromatic heterocycles. The van der Waals surface area contributed by atoms with Gasteiger partial charge in [0.2, 0.25) is 0 Å². The van der Waals surface area contributed by atoms with Crippen molar-refractivity contribution in [2.24, 2.45) is 20.0 Å². The molecule has 2 aromatic rings. The maximum absolute atomic E-state index is 12.3. The number of pyridine rings is 1. The first-order valence-corrected chi connectivity index (χ1v) is 8.59. The standard InChI is InChI=1S/C18H25N5O2/c1-13-5-4-6-16(20-13)19-9-14-7-8-23(10-14)12-15-11-21(2)18(25)22(3)17(15)24/h4-6,11,14H,7-10,12H2,1-3H3,(H,19,20)/t14-/m1/s1. The van der Waals surface area contributed by atoms with Crippen molar-refractivity contribution in [3.63, 3.8) is 0 Å². The molecule has 25 heavy (non-hydrogen) atoms. The first kappa shape index (κ1) is 17.4. The van der Waals surface area contributed by atoms with Gasteiger partial charge in [0.15, 0.2) is 0 Å². The average molecular weight is 343 g/mol. The fourth-order valence-electron chi connectivity index (χ4n) is 3.35. The Hall–Kier alpha value is -2.41. The molecule has 1 saturated heterocycles. The van der Waals surface area contributed by atoms with Gasteiger partial charge in [-0.15, -0.1) is 0 Å². The second-order valence-electron chi connectivity index (χ2n) is 6.85. The number of likely N-dealkylation sites (tertiary alicyclic amines) is 1. The Morgan fingerprint density at radius 1 is 1.28 bits per heavy atom. The normalized spacial score (nSPS) is 17.8. The van der Waals surface area contributed by atoms with Gasteiger partial charge < -0.3 is 9.88 Å². The van der Waals surface area contributed by atoms with Gasteiger partial charge in [-0.25, -0.2) is 9.78 Å². The van der Waals surface area contributed by atoms with Gasteiger partial charge in [0.1, 0.15) is 5.82 Å². The molecule has 7 nitrogen and oxygen atoms in total. The third-order valence-corrected chi connectivity index (χ3v) is 4.74. The van der Waals surface area contributed by atoms with Crippen LogP contribution in [0.4, 0.5) is 5.82 Å². The summed E-state index contributed by atoms with van der Waals surface area (Å²) in [7, 11) is 3.20. The fourth-order valence-corrected chi connectivity index (χ4v) is 3.35. The Labute approximate surface area is 146 Å². The highest BCUT2D eigenvalue weighted by Gasteiger charge is 2.23. The molecule has 3 rings (SSSR count). The number of anilines is 1. The molecule has 0 radical (unpaired) electrons. The molecule has 7 heteroatoms. The van der Waals surface area contributed by atoms with Gasteiger partial charge in [-0.1, -0.05) is 6.07 Å². The van der Waals surface area contributed by atoms with E-state index in [9.17, 15) is 9.59 Å². The van der Waals surface area contributed by atoms with Gasteiger partial charge in [0, 0.05) is 51.2 Å². The quantitative estimate of drug-likeness (QED) is 0.866. The van der Waals surface area contributed by atoms with Crippen molar-refractivity contribution in [1.82, 2.24) is 19.0 Å². The number of aryl methyl sites for hydroxylation is 2. The van der Waals surface area contributed by atoms with Crippen LogP contribution in [0.3, 0.4) is 0 Å². The molecular formula is C18H25N5O2. The zero-order valence-electron chi connectivity index (χ0n) is 15.0. The lowest BCUT2D eigenvalue weighted by Crippen LogP contribution is -2.40. The predicted molar refractivity (Wildman–Crippen MR) is 97.8 cm³/mol. The molecule has 1 aliphatic rings. The van der Waals surface area contributed by atoms with Crippen LogP contribution in [0, 0.1) is 12.8 Å². The molecule has 134 valence electrons. The molecule has 1 N–H and O–H groups in total. The molecule has 0 bridgehead atoms. The number of rotatable bonds is 5. The van der Waals surface area contributed by atoms with Crippen molar-refractivity contribution in [3.05, 3.63) is 56.5 Å². The van der Waals surface area contributed by atoms with Crippen LogP contribution in [-0.2, 0) is 20.6 Å². The first-order valence-electron chi connectivity index (χ1n) is 8.59.